The van der Waals surface area contributed by atoms with Crippen LogP contribution < -0.4 is 0 Å². The largest absolute Gasteiger partial charge is 0.481 e. The predicted molar refractivity (Wildman–Crippen MR) is 94.5 cm³/mol. The van der Waals surface area contributed by atoms with E-state index in [-0.39, 0.29) is 0 Å². The van der Waals surface area contributed by atoms with E-state index in [0.717, 1.165) is 45.0 Å². The Morgan fingerprint density at radius 3 is 2.44 bits per heavy atom. The van der Waals surface area contributed by atoms with E-state index in [1.165, 1.54) is 0 Å². The number of piperidine rings is 1. The van der Waals surface area contributed by atoms with Crippen molar-refractivity contribution in [3.05, 3.63) is 35.9 Å². The third-order valence-electron chi connectivity index (χ3n) is 5.57. The number of carbonyl (C=O) groups is 1. The van der Waals surface area contributed by atoms with E-state index in [1.54, 1.807) is 0 Å². The summed E-state index contributed by atoms with van der Waals surface area (Å²) in [6, 6.07) is 9.61. The minimum atomic E-state index is -1.09. The van der Waals surface area contributed by atoms with Crippen molar-refractivity contribution in [1.29, 1.82) is 0 Å². The monoisotopic (exact) mass is 348 g/mol. The number of morpholine rings is 1. The van der Waals surface area contributed by atoms with Crippen molar-refractivity contribution >= 4 is 5.97 Å². The maximum Gasteiger partial charge on any atom is 0.312 e. The molecule has 0 amide bonds. The van der Waals surface area contributed by atoms with Gasteiger partial charge in [-0.15, -0.1) is 0 Å². The van der Waals surface area contributed by atoms with Gasteiger partial charge in [0, 0.05) is 32.7 Å². The Labute approximate surface area is 149 Å². The Morgan fingerprint density at radius 2 is 1.80 bits per heavy atom. The van der Waals surface area contributed by atoms with Crippen molar-refractivity contribution in [2.24, 2.45) is 5.41 Å². The molecule has 1 aromatic rings. The third-order valence-corrected chi connectivity index (χ3v) is 5.57. The molecule has 1 aromatic carbocycles. The van der Waals surface area contributed by atoms with Crippen molar-refractivity contribution in [1.82, 2.24) is 9.80 Å². The first-order valence-corrected chi connectivity index (χ1v) is 9.08. The number of hydrogen-bond acceptors (Lipinski definition) is 5. The number of rotatable bonds is 6. The second kappa shape index (κ2) is 8.27. The number of nitrogens with zero attached hydrogens (tertiary/aromatic N) is 2. The average molecular weight is 348 g/mol. The van der Waals surface area contributed by atoms with Crippen LogP contribution in [0.5, 0.6) is 0 Å². The molecular formula is C19H28N2O4. The SMILES string of the molecule is O=C(O)[C@@]1(Cc2ccccc2)CCN(CCN2CCOCC2)C[C@H]1O. The average Bonchev–Trinajstić information content (AvgIpc) is 2.63. The molecule has 0 saturated carbocycles. The fourth-order valence-corrected chi connectivity index (χ4v) is 3.84. The van der Waals surface area contributed by atoms with Crippen molar-refractivity contribution in [3.63, 3.8) is 0 Å². The number of benzene rings is 1. The van der Waals surface area contributed by atoms with E-state index >= 15 is 0 Å². The van der Waals surface area contributed by atoms with Gasteiger partial charge in [-0.1, -0.05) is 30.3 Å². The number of hydrogen-bond donors (Lipinski definition) is 2. The third kappa shape index (κ3) is 4.39. The maximum absolute atomic E-state index is 12.0. The van der Waals surface area contributed by atoms with Crippen LogP contribution in [-0.4, -0.2) is 84.6 Å². The molecule has 6 nitrogen and oxygen atoms in total. The molecule has 0 spiro atoms. The van der Waals surface area contributed by atoms with Crippen molar-refractivity contribution in [2.45, 2.75) is 18.9 Å². The number of aliphatic carboxylic acids is 1. The molecule has 2 aliphatic rings. The quantitative estimate of drug-likeness (QED) is 0.788. The van der Waals surface area contributed by atoms with Gasteiger partial charge in [-0.25, -0.2) is 0 Å². The normalized spacial score (nSPS) is 28.8. The fourth-order valence-electron chi connectivity index (χ4n) is 3.84. The Hall–Kier alpha value is -1.47. The second-order valence-corrected chi connectivity index (χ2v) is 7.14. The smallest absolute Gasteiger partial charge is 0.312 e. The molecule has 3 rings (SSSR count). The summed E-state index contributed by atoms with van der Waals surface area (Å²) in [5.74, 6) is -0.892. The lowest BCUT2D eigenvalue weighted by Crippen LogP contribution is -2.56. The van der Waals surface area contributed by atoms with E-state index in [1.807, 2.05) is 30.3 Å². The summed E-state index contributed by atoms with van der Waals surface area (Å²) in [7, 11) is 0. The molecule has 2 fully saturated rings. The number of aliphatic hydroxyl groups excluding tert-OH is 1. The van der Waals surface area contributed by atoms with Crippen molar-refractivity contribution in [2.75, 3.05) is 52.5 Å². The minimum absolute atomic E-state index is 0.377. The topological polar surface area (TPSA) is 73.2 Å². The lowest BCUT2D eigenvalue weighted by atomic mass is 9.71. The summed E-state index contributed by atoms with van der Waals surface area (Å²) in [5, 5.41) is 20.5. The summed E-state index contributed by atoms with van der Waals surface area (Å²) < 4.78 is 5.36. The van der Waals surface area contributed by atoms with Gasteiger partial charge in [0.1, 0.15) is 5.41 Å². The maximum atomic E-state index is 12.0. The molecule has 0 aliphatic carbocycles. The van der Waals surface area contributed by atoms with Crippen LogP contribution in [0, 0.1) is 5.41 Å². The molecule has 0 bridgehead atoms. The summed E-state index contributed by atoms with van der Waals surface area (Å²) in [6.07, 6.45) is -0.00739. The highest BCUT2D eigenvalue weighted by Gasteiger charge is 2.48. The van der Waals surface area contributed by atoms with E-state index in [2.05, 4.69) is 9.80 Å². The molecule has 25 heavy (non-hydrogen) atoms. The molecular weight excluding hydrogens is 320 g/mol. The molecule has 2 saturated heterocycles. The molecule has 0 aromatic heterocycles. The molecule has 2 N–H and O–H groups in total. The first kappa shape index (κ1) is 18.3. The van der Waals surface area contributed by atoms with Crippen molar-refractivity contribution < 1.29 is 19.7 Å². The van der Waals surface area contributed by atoms with Crippen molar-refractivity contribution in [3.8, 4) is 0 Å². The van der Waals surface area contributed by atoms with Crippen LogP contribution in [-0.2, 0) is 16.0 Å². The number of likely N-dealkylation sites (tertiary alicyclic amines) is 1. The van der Waals surface area contributed by atoms with Crippen LogP contribution in [0.3, 0.4) is 0 Å². The number of aliphatic hydroxyl groups is 1. The van der Waals surface area contributed by atoms with Gasteiger partial charge in [0.15, 0.2) is 0 Å². The number of carboxylic acids is 1. The van der Waals surface area contributed by atoms with Gasteiger partial charge in [-0.2, -0.15) is 0 Å². The van der Waals surface area contributed by atoms with Crippen LogP contribution in [0.15, 0.2) is 30.3 Å². The fraction of sp³-hybridized carbons (Fsp3) is 0.632. The van der Waals surface area contributed by atoms with Gasteiger partial charge in [0.25, 0.3) is 0 Å². The highest BCUT2D eigenvalue weighted by Crippen LogP contribution is 2.36. The Morgan fingerprint density at radius 1 is 1.12 bits per heavy atom. The molecule has 6 heteroatoms. The molecule has 2 aliphatic heterocycles. The highest BCUT2D eigenvalue weighted by molar-refractivity contribution is 5.76. The standard InChI is InChI=1S/C19H28N2O4/c22-17-15-21(9-8-20-10-12-25-13-11-20)7-6-19(17,18(23)24)14-16-4-2-1-3-5-16/h1-5,17,22H,6-15H2,(H,23,24)/t17-,19-/m1/s1. The van der Waals surface area contributed by atoms with Gasteiger partial charge in [0.2, 0.25) is 0 Å². The van der Waals surface area contributed by atoms with E-state index in [9.17, 15) is 15.0 Å². The van der Waals surface area contributed by atoms with Crippen LogP contribution >= 0.6 is 0 Å². The van der Waals surface area contributed by atoms with E-state index < -0.39 is 17.5 Å². The molecule has 0 unspecified atom stereocenters. The molecule has 2 heterocycles. The minimum Gasteiger partial charge on any atom is -0.481 e. The summed E-state index contributed by atoms with van der Waals surface area (Å²) >= 11 is 0. The van der Waals surface area contributed by atoms with Gasteiger partial charge < -0.3 is 14.9 Å². The first-order valence-electron chi connectivity index (χ1n) is 9.08. The molecule has 2 atom stereocenters. The Balaban J connectivity index is 1.59. The van der Waals surface area contributed by atoms with Crippen LogP contribution in [0.2, 0.25) is 0 Å². The van der Waals surface area contributed by atoms with Crippen LogP contribution in [0.1, 0.15) is 12.0 Å². The summed E-state index contributed by atoms with van der Waals surface area (Å²) in [6.45, 7) is 6.38. The zero-order valence-electron chi connectivity index (χ0n) is 14.6. The predicted octanol–water partition coefficient (Wildman–Crippen LogP) is 0.699. The molecule has 0 radical (unpaired) electrons. The van der Waals surface area contributed by atoms with E-state index in [4.69, 9.17) is 4.74 Å². The van der Waals surface area contributed by atoms with Gasteiger partial charge in [-0.05, 0) is 24.9 Å². The summed E-state index contributed by atoms with van der Waals surface area (Å²) in [4.78, 5) is 16.5. The van der Waals surface area contributed by atoms with Gasteiger partial charge in [-0.3, -0.25) is 14.6 Å². The number of carboxylic acid groups (broad SMARTS) is 1. The number of ether oxygens (including phenoxy) is 1. The highest BCUT2D eigenvalue weighted by atomic mass is 16.5. The van der Waals surface area contributed by atoms with Gasteiger partial charge in [0.05, 0.1) is 19.3 Å². The van der Waals surface area contributed by atoms with Crippen LogP contribution in [0.4, 0.5) is 0 Å². The van der Waals surface area contributed by atoms with E-state index in [0.29, 0.717) is 25.9 Å². The Kier molecular flexibility index (Phi) is 6.06. The lowest BCUT2D eigenvalue weighted by molar-refractivity contribution is -0.162. The van der Waals surface area contributed by atoms with Crippen LogP contribution in [0.25, 0.3) is 0 Å². The first-order chi connectivity index (χ1) is 12.1. The number of β-amino-alcohol motifs (C(OH)–C–C–N with tert-alkyl or cyclic N) is 1. The second-order valence-electron chi connectivity index (χ2n) is 7.14. The zero-order chi connectivity index (χ0) is 17.7. The van der Waals surface area contributed by atoms with Gasteiger partial charge >= 0.3 is 5.97 Å². The zero-order valence-corrected chi connectivity index (χ0v) is 14.6. The molecule has 138 valence electrons. The summed E-state index contributed by atoms with van der Waals surface area (Å²) in [5.41, 5.74) is -0.123. The Bertz CT molecular complexity index is 562. The lowest BCUT2D eigenvalue weighted by Gasteiger charge is -2.43.